The number of fused-ring (bicyclic) bond motifs is 3. The van der Waals surface area contributed by atoms with Crippen molar-refractivity contribution in [3.8, 4) is 6.07 Å². The number of thiocarbonyl (C=S) groups is 1. The lowest BCUT2D eigenvalue weighted by molar-refractivity contribution is 0.623. The van der Waals surface area contributed by atoms with Crippen molar-refractivity contribution in [2.24, 2.45) is 5.73 Å². The summed E-state index contributed by atoms with van der Waals surface area (Å²) in [6, 6.07) is 2.50. The molecule has 3 N–H and O–H groups in total. The van der Waals surface area contributed by atoms with Crippen LogP contribution in [0.1, 0.15) is 31.4 Å². The van der Waals surface area contributed by atoms with Gasteiger partial charge in [-0.2, -0.15) is 14.9 Å². The van der Waals surface area contributed by atoms with Crippen molar-refractivity contribution in [2.45, 2.75) is 32.7 Å². The van der Waals surface area contributed by atoms with Crippen LogP contribution >= 0.6 is 12.2 Å². The van der Waals surface area contributed by atoms with Gasteiger partial charge in [0.25, 0.3) is 0 Å². The predicted molar refractivity (Wildman–Crippen MR) is 88.9 cm³/mol. The molecule has 0 saturated carbocycles. The van der Waals surface area contributed by atoms with E-state index in [0.29, 0.717) is 23.1 Å². The minimum absolute atomic E-state index is 0.166. The highest BCUT2D eigenvalue weighted by Crippen LogP contribution is 2.35. The number of nitriles is 1. The van der Waals surface area contributed by atoms with Crippen LogP contribution in [0, 0.1) is 11.3 Å². The highest BCUT2D eigenvalue weighted by atomic mass is 32.1. The second kappa shape index (κ2) is 5.42. The molecule has 2 aromatic heterocycles. The van der Waals surface area contributed by atoms with Crippen molar-refractivity contribution >= 4 is 34.6 Å². The monoisotopic (exact) mass is 315 g/mol. The van der Waals surface area contributed by atoms with Gasteiger partial charge in [-0.05, 0) is 32.0 Å². The molecule has 0 saturated heterocycles. The molecule has 2 aromatic rings. The summed E-state index contributed by atoms with van der Waals surface area (Å²) in [7, 11) is 0. The number of nitrogens with two attached hydrogens (primary N) is 1. The number of hydrogen-bond acceptors (Lipinski definition) is 5. The second-order valence-electron chi connectivity index (χ2n) is 5.36. The molecule has 1 aliphatic rings. The molecule has 1 aliphatic heterocycles. The van der Waals surface area contributed by atoms with E-state index in [9.17, 15) is 5.26 Å². The van der Waals surface area contributed by atoms with Crippen LogP contribution in [0.5, 0.6) is 0 Å². The summed E-state index contributed by atoms with van der Waals surface area (Å²) >= 11 is 4.94. The maximum atomic E-state index is 9.24. The zero-order chi connectivity index (χ0) is 15.9. The van der Waals surface area contributed by atoms with E-state index in [2.05, 4.69) is 40.2 Å². The average Bonchev–Trinajstić information content (AvgIpc) is 3.09. The Kier molecular flexibility index (Phi) is 3.58. The van der Waals surface area contributed by atoms with Gasteiger partial charge in [-0.15, -0.1) is 0 Å². The maximum absolute atomic E-state index is 9.24. The van der Waals surface area contributed by atoms with Crippen LogP contribution in [0.15, 0.2) is 6.20 Å². The van der Waals surface area contributed by atoms with E-state index in [1.54, 1.807) is 10.7 Å². The summed E-state index contributed by atoms with van der Waals surface area (Å²) in [6.07, 6.45) is 3.41. The molecule has 7 nitrogen and oxygen atoms in total. The van der Waals surface area contributed by atoms with E-state index in [0.717, 1.165) is 30.8 Å². The van der Waals surface area contributed by atoms with Crippen LogP contribution in [0.3, 0.4) is 0 Å². The topological polar surface area (TPSA) is 95.3 Å². The Morgan fingerprint density at radius 3 is 3.05 bits per heavy atom. The number of nitrogens with zero attached hydrogens (tertiary/aromatic N) is 5. The lowest BCUT2D eigenvalue weighted by Gasteiger charge is -2.26. The molecule has 0 radical (unpaired) electrons. The van der Waals surface area contributed by atoms with Crippen LogP contribution in [-0.2, 0) is 6.42 Å². The van der Waals surface area contributed by atoms with E-state index in [1.807, 2.05) is 0 Å². The fourth-order valence-electron chi connectivity index (χ4n) is 2.82. The molecule has 3 rings (SSSR count). The normalized spacial score (nSPS) is 14.7. The van der Waals surface area contributed by atoms with E-state index >= 15 is 0 Å². The minimum atomic E-state index is 0.166. The van der Waals surface area contributed by atoms with Gasteiger partial charge in [-0.3, -0.25) is 0 Å². The first-order valence-electron chi connectivity index (χ1n) is 7.20. The Hall–Kier alpha value is -2.40. The first-order chi connectivity index (χ1) is 10.6. The van der Waals surface area contributed by atoms with Crippen molar-refractivity contribution in [2.75, 3.05) is 16.8 Å². The van der Waals surface area contributed by atoms with Gasteiger partial charge in [0.05, 0.1) is 6.20 Å². The van der Waals surface area contributed by atoms with Gasteiger partial charge in [0, 0.05) is 18.2 Å². The van der Waals surface area contributed by atoms with Gasteiger partial charge in [0.1, 0.15) is 23.3 Å². The van der Waals surface area contributed by atoms with E-state index < -0.39 is 0 Å². The van der Waals surface area contributed by atoms with Gasteiger partial charge in [0.15, 0.2) is 10.8 Å². The zero-order valence-electron chi connectivity index (χ0n) is 12.5. The van der Waals surface area contributed by atoms with Crippen LogP contribution in [0.4, 0.5) is 11.6 Å². The minimum Gasteiger partial charge on any atom is -0.376 e. The van der Waals surface area contributed by atoms with Crippen molar-refractivity contribution in [3.63, 3.8) is 0 Å². The number of rotatable bonds is 3. The van der Waals surface area contributed by atoms with Crippen LogP contribution in [-0.4, -0.2) is 32.3 Å². The maximum Gasteiger partial charge on any atom is 0.177 e. The summed E-state index contributed by atoms with van der Waals surface area (Å²) in [5.41, 5.74) is 7.60. The fourth-order valence-corrected chi connectivity index (χ4v) is 2.92. The largest absolute Gasteiger partial charge is 0.376 e. The third-order valence-corrected chi connectivity index (χ3v) is 4.18. The number of nitrogens with one attached hydrogen (secondary N) is 1. The third-order valence-electron chi connectivity index (χ3n) is 4.08. The van der Waals surface area contributed by atoms with Crippen LogP contribution in [0.2, 0.25) is 0 Å². The lowest BCUT2D eigenvalue weighted by atomic mass is 10.2. The number of hydrogen-bond donors (Lipinski definition) is 2. The molecule has 0 fully saturated rings. The lowest BCUT2D eigenvalue weighted by Crippen LogP contribution is -2.32. The molecule has 1 atom stereocenters. The fraction of sp³-hybridized carbons (Fsp3) is 0.429. The number of anilines is 2. The molecule has 0 spiro atoms. The second-order valence-corrected chi connectivity index (χ2v) is 5.80. The van der Waals surface area contributed by atoms with Crippen molar-refractivity contribution in [1.82, 2.24) is 14.6 Å². The zero-order valence-corrected chi connectivity index (χ0v) is 13.3. The molecule has 0 amide bonds. The highest BCUT2D eigenvalue weighted by molar-refractivity contribution is 7.80. The summed E-state index contributed by atoms with van der Waals surface area (Å²) in [4.78, 5) is 6.80. The first kappa shape index (κ1) is 14.5. The van der Waals surface area contributed by atoms with Crippen molar-refractivity contribution in [1.29, 1.82) is 5.26 Å². The molecule has 0 aromatic carbocycles. The quantitative estimate of drug-likeness (QED) is 0.827. The first-order valence-corrected chi connectivity index (χ1v) is 7.61. The third kappa shape index (κ3) is 2.14. The van der Waals surface area contributed by atoms with Crippen molar-refractivity contribution < 1.29 is 0 Å². The summed E-state index contributed by atoms with van der Waals surface area (Å²) in [5.74, 6) is 1.59. The molecule has 3 heterocycles. The van der Waals surface area contributed by atoms with Gasteiger partial charge in [-0.25, -0.2) is 4.98 Å². The molecular weight excluding hydrogens is 298 g/mol. The van der Waals surface area contributed by atoms with Crippen molar-refractivity contribution in [3.05, 3.63) is 17.3 Å². The summed E-state index contributed by atoms with van der Waals surface area (Å²) < 4.78 is 1.75. The molecular formula is C14H17N7S. The Morgan fingerprint density at radius 2 is 2.41 bits per heavy atom. The average molecular weight is 315 g/mol. The molecule has 0 aliphatic carbocycles. The number of aromatic nitrogens is 3. The molecule has 114 valence electrons. The summed E-state index contributed by atoms with van der Waals surface area (Å²) in [5, 5.41) is 16.7. The molecule has 0 bridgehead atoms. The highest BCUT2D eigenvalue weighted by Gasteiger charge is 2.30. The van der Waals surface area contributed by atoms with Gasteiger partial charge < -0.3 is 16.0 Å². The Morgan fingerprint density at radius 1 is 1.64 bits per heavy atom. The molecule has 1 unspecified atom stereocenters. The van der Waals surface area contributed by atoms with Gasteiger partial charge >= 0.3 is 0 Å². The van der Waals surface area contributed by atoms with Gasteiger partial charge in [-0.1, -0.05) is 6.92 Å². The SMILES string of the molecule is CCC(C)N1CCc2c(NC(N)=S)nc3c(C#N)cnn3c21. The predicted octanol–water partition coefficient (Wildman–Crippen LogP) is 1.42. The van der Waals surface area contributed by atoms with E-state index in [4.69, 9.17) is 18.0 Å². The Bertz CT molecular complexity index is 789. The van der Waals surface area contributed by atoms with Crippen LogP contribution in [0.25, 0.3) is 5.65 Å². The van der Waals surface area contributed by atoms with Gasteiger partial charge in [0.2, 0.25) is 0 Å². The Labute approximate surface area is 133 Å². The smallest absolute Gasteiger partial charge is 0.177 e. The molecule has 8 heteroatoms. The Balaban J connectivity index is 2.27. The molecule has 22 heavy (non-hydrogen) atoms. The standard InChI is InChI=1S/C14H17N7S/c1-3-8(2)20-5-4-10-11(19-14(16)22)18-12-9(6-15)7-17-21(12)13(10)20/h7-8H,3-5H2,1-2H3,(H3,16,18,19,22). The van der Waals surface area contributed by atoms with Crippen LogP contribution < -0.4 is 16.0 Å². The van der Waals surface area contributed by atoms with E-state index in [-0.39, 0.29) is 5.11 Å². The van der Waals surface area contributed by atoms with E-state index in [1.165, 1.54) is 0 Å². The summed E-state index contributed by atoms with van der Waals surface area (Å²) in [6.45, 7) is 5.22.